The Morgan fingerprint density at radius 2 is 2.20 bits per heavy atom. The van der Waals surface area contributed by atoms with Gasteiger partial charge >= 0.3 is 5.97 Å². The second-order valence-corrected chi connectivity index (χ2v) is 3.53. The van der Waals surface area contributed by atoms with Gasteiger partial charge in [0.25, 0.3) is 5.92 Å². The summed E-state index contributed by atoms with van der Waals surface area (Å²) >= 11 is 0. The van der Waals surface area contributed by atoms with Crippen LogP contribution in [-0.4, -0.2) is 13.1 Å². The average Bonchev–Trinajstić information content (AvgIpc) is 2.54. The molecule has 0 amide bonds. The molecule has 0 atom stereocenters. The van der Waals surface area contributed by atoms with Gasteiger partial charge in [0.05, 0.1) is 12.7 Å². The molecule has 0 aliphatic heterocycles. The molecule has 0 unspecified atom stereocenters. The van der Waals surface area contributed by atoms with Gasteiger partial charge in [-0.2, -0.15) is 0 Å². The van der Waals surface area contributed by atoms with Crippen LogP contribution in [0.3, 0.4) is 0 Å². The standard InChI is InChI=1S/C11H10F2O2/c1-15-10(14)8-3-2-4-9-7(8)5-6-11(9,12)13/h2-4H,5-6H2,1H3. The molecule has 0 saturated carbocycles. The number of ether oxygens (including phenoxy) is 1. The number of rotatable bonds is 1. The van der Waals surface area contributed by atoms with Crippen molar-refractivity contribution < 1.29 is 18.3 Å². The zero-order chi connectivity index (χ0) is 11.1. The molecular formula is C11H10F2O2. The number of hydrogen-bond acceptors (Lipinski definition) is 2. The molecule has 0 aromatic heterocycles. The third-order valence-corrected chi connectivity index (χ3v) is 2.66. The van der Waals surface area contributed by atoms with E-state index in [4.69, 9.17) is 0 Å². The number of esters is 1. The highest BCUT2D eigenvalue weighted by Crippen LogP contribution is 2.42. The Morgan fingerprint density at radius 3 is 2.87 bits per heavy atom. The SMILES string of the molecule is COC(=O)c1cccc2c1CCC2(F)F. The summed E-state index contributed by atoms with van der Waals surface area (Å²) in [5.74, 6) is -3.36. The first kappa shape index (κ1) is 10.1. The Morgan fingerprint density at radius 1 is 1.47 bits per heavy atom. The maximum Gasteiger partial charge on any atom is 0.338 e. The van der Waals surface area contributed by atoms with E-state index in [0.717, 1.165) is 0 Å². The predicted octanol–water partition coefficient (Wildman–Crippen LogP) is 2.51. The quantitative estimate of drug-likeness (QED) is 0.668. The van der Waals surface area contributed by atoms with Gasteiger partial charge in [-0.3, -0.25) is 0 Å². The lowest BCUT2D eigenvalue weighted by Crippen LogP contribution is -2.09. The van der Waals surface area contributed by atoms with Crippen molar-refractivity contribution in [1.29, 1.82) is 0 Å². The number of alkyl halides is 2. The number of halogens is 2. The van der Waals surface area contributed by atoms with Crippen LogP contribution in [0.2, 0.25) is 0 Å². The van der Waals surface area contributed by atoms with Crippen LogP contribution in [-0.2, 0) is 17.1 Å². The molecule has 1 aromatic rings. The number of benzene rings is 1. The van der Waals surface area contributed by atoms with Gasteiger partial charge in [0.1, 0.15) is 0 Å². The van der Waals surface area contributed by atoms with Crippen LogP contribution in [0, 0.1) is 0 Å². The lowest BCUT2D eigenvalue weighted by Gasteiger charge is -2.10. The predicted molar refractivity (Wildman–Crippen MR) is 50.0 cm³/mol. The molecule has 0 N–H and O–H groups in total. The van der Waals surface area contributed by atoms with Gasteiger partial charge in [-0.1, -0.05) is 12.1 Å². The van der Waals surface area contributed by atoms with E-state index in [-0.39, 0.29) is 24.0 Å². The normalized spacial score (nSPS) is 17.3. The Labute approximate surface area is 85.9 Å². The van der Waals surface area contributed by atoms with E-state index in [2.05, 4.69) is 4.74 Å². The van der Waals surface area contributed by atoms with Crippen LogP contribution >= 0.6 is 0 Å². The van der Waals surface area contributed by atoms with Crippen molar-refractivity contribution in [1.82, 2.24) is 0 Å². The minimum Gasteiger partial charge on any atom is -0.465 e. The summed E-state index contributed by atoms with van der Waals surface area (Å²) in [5, 5.41) is 0. The number of carbonyl (C=O) groups is 1. The highest BCUT2D eigenvalue weighted by molar-refractivity contribution is 5.91. The van der Waals surface area contributed by atoms with Crippen molar-refractivity contribution in [2.45, 2.75) is 18.8 Å². The van der Waals surface area contributed by atoms with E-state index in [1.165, 1.54) is 25.3 Å². The Balaban J connectivity index is 2.54. The fraction of sp³-hybridized carbons (Fsp3) is 0.364. The summed E-state index contributed by atoms with van der Waals surface area (Å²) in [6.45, 7) is 0. The number of methoxy groups -OCH3 is 1. The molecule has 0 bridgehead atoms. The van der Waals surface area contributed by atoms with Gasteiger partial charge in [0.15, 0.2) is 0 Å². The molecule has 80 valence electrons. The second-order valence-electron chi connectivity index (χ2n) is 3.53. The fourth-order valence-electron chi connectivity index (χ4n) is 1.92. The van der Waals surface area contributed by atoms with Crippen LogP contribution in [0.1, 0.15) is 27.9 Å². The molecule has 2 nitrogen and oxygen atoms in total. The van der Waals surface area contributed by atoms with E-state index >= 15 is 0 Å². The van der Waals surface area contributed by atoms with Gasteiger partial charge in [-0.05, 0) is 18.1 Å². The summed E-state index contributed by atoms with van der Waals surface area (Å²) in [6.07, 6.45) is 0.00392. The topological polar surface area (TPSA) is 26.3 Å². The summed E-state index contributed by atoms with van der Waals surface area (Å²) in [5.41, 5.74) is 0.645. The molecule has 0 fully saturated rings. The summed E-state index contributed by atoms with van der Waals surface area (Å²) in [6, 6.07) is 4.35. The van der Waals surface area contributed by atoms with Crippen molar-refractivity contribution in [2.24, 2.45) is 0 Å². The minimum atomic E-state index is -2.81. The molecule has 4 heteroatoms. The van der Waals surface area contributed by atoms with Crippen molar-refractivity contribution in [3.8, 4) is 0 Å². The average molecular weight is 212 g/mol. The van der Waals surface area contributed by atoms with E-state index in [0.29, 0.717) is 5.56 Å². The van der Waals surface area contributed by atoms with E-state index in [1.807, 2.05) is 0 Å². The highest BCUT2D eigenvalue weighted by atomic mass is 19.3. The molecule has 0 radical (unpaired) electrons. The van der Waals surface area contributed by atoms with Gasteiger partial charge < -0.3 is 4.74 Å². The fourth-order valence-corrected chi connectivity index (χ4v) is 1.92. The Kier molecular flexibility index (Phi) is 2.21. The highest BCUT2D eigenvalue weighted by Gasteiger charge is 2.40. The summed E-state index contributed by atoms with van der Waals surface area (Å²) in [4.78, 5) is 11.3. The third-order valence-electron chi connectivity index (χ3n) is 2.66. The van der Waals surface area contributed by atoms with E-state index in [1.54, 1.807) is 0 Å². The first-order chi connectivity index (χ1) is 7.06. The summed E-state index contributed by atoms with van der Waals surface area (Å²) in [7, 11) is 1.24. The van der Waals surface area contributed by atoms with Crippen LogP contribution < -0.4 is 0 Å². The smallest absolute Gasteiger partial charge is 0.338 e. The molecule has 15 heavy (non-hydrogen) atoms. The molecule has 1 aromatic carbocycles. The number of fused-ring (bicyclic) bond motifs is 1. The molecular weight excluding hydrogens is 202 g/mol. The lowest BCUT2D eigenvalue weighted by molar-refractivity contribution is -0.00183. The Bertz CT molecular complexity index is 413. The monoisotopic (exact) mass is 212 g/mol. The van der Waals surface area contributed by atoms with Crippen LogP contribution in [0.15, 0.2) is 18.2 Å². The van der Waals surface area contributed by atoms with Crippen molar-refractivity contribution in [2.75, 3.05) is 7.11 Å². The van der Waals surface area contributed by atoms with E-state index < -0.39 is 11.9 Å². The molecule has 0 heterocycles. The molecule has 0 saturated heterocycles. The largest absolute Gasteiger partial charge is 0.465 e. The second kappa shape index (κ2) is 3.29. The van der Waals surface area contributed by atoms with Crippen molar-refractivity contribution in [3.05, 3.63) is 34.9 Å². The summed E-state index contributed by atoms with van der Waals surface area (Å²) < 4.78 is 31.2. The Hall–Kier alpha value is -1.45. The maximum absolute atomic E-state index is 13.3. The van der Waals surface area contributed by atoms with Gasteiger partial charge in [0, 0.05) is 12.0 Å². The van der Waals surface area contributed by atoms with Gasteiger partial charge in [0.2, 0.25) is 0 Å². The van der Waals surface area contributed by atoms with Crippen LogP contribution in [0.25, 0.3) is 0 Å². The molecule has 1 aliphatic rings. The zero-order valence-electron chi connectivity index (χ0n) is 8.22. The van der Waals surface area contributed by atoms with Crippen LogP contribution in [0.4, 0.5) is 8.78 Å². The van der Waals surface area contributed by atoms with Gasteiger partial charge in [-0.15, -0.1) is 0 Å². The first-order valence-electron chi connectivity index (χ1n) is 4.65. The first-order valence-corrected chi connectivity index (χ1v) is 4.65. The molecule has 1 aliphatic carbocycles. The van der Waals surface area contributed by atoms with Gasteiger partial charge in [-0.25, -0.2) is 13.6 Å². The third kappa shape index (κ3) is 1.50. The van der Waals surface area contributed by atoms with Crippen molar-refractivity contribution in [3.63, 3.8) is 0 Å². The number of carbonyl (C=O) groups excluding carboxylic acids is 1. The van der Waals surface area contributed by atoms with E-state index in [9.17, 15) is 13.6 Å². The maximum atomic E-state index is 13.3. The zero-order valence-corrected chi connectivity index (χ0v) is 8.22. The lowest BCUT2D eigenvalue weighted by atomic mass is 10.0. The minimum absolute atomic E-state index is 0.0367. The number of hydrogen-bond donors (Lipinski definition) is 0. The molecule has 2 rings (SSSR count). The van der Waals surface area contributed by atoms with Crippen molar-refractivity contribution >= 4 is 5.97 Å². The van der Waals surface area contributed by atoms with Crippen LogP contribution in [0.5, 0.6) is 0 Å². The molecule has 0 spiro atoms.